The minimum absolute atomic E-state index is 0.00107. The highest BCUT2D eigenvalue weighted by Crippen LogP contribution is 2.35. The van der Waals surface area contributed by atoms with Gasteiger partial charge in [0.15, 0.2) is 0 Å². The number of nitrogens with zero attached hydrogens (tertiary/aromatic N) is 2. The van der Waals surface area contributed by atoms with E-state index in [1.165, 1.54) is 9.80 Å². The number of benzene rings is 1. The number of rotatable bonds is 9. The van der Waals surface area contributed by atoms with E-state index in [-0.39, 0.29) is 61.0 Å². The lowest BCUT2D eigenvalue weighted by atomic mass is 9.85. The van der Waals surface area contributed by atoms with Gasteiger partial charge in [-0.1, -0.05) is 48.3 Å². The Hall–Kier alpha value is -2.38. The van der Waals surface area contributed by atoms with E-state index in [2.05, 4.69) is 5.32 Å². The zero-order valence-corrected chi connectivity index (χ0v) is 21.2. The number of halogens is 2. The van der Waals surface area contributed by atoms with Crippen molar-refractivity contribution in [3.63, 3.8) is 0 Å². The van der Waals surface area contributed by atoms with Crippen LogP contribution in [0.5, 0.6) is 0 Å². The zero-order chi connectivity index (χ0) is 25.0. The van der Waals surface area contributed by atoms with Gasteiger partial charge in [-0.25, -0.2) is 0 Å². The third-order valence-electron chi connectivity index (χ3n) is 6.65. The molecule has 4 atom stereocenters. The van der Waals surface area contributed by atoms with Gasteiger partial charge in [-0.05, 0) is 50.8 Å². The molecule has 0 bridgehead atoms. The first kappa shape index (κ1) is 26.2. The van der Waals surface area contributed by atoms with Gasteiger partial charge >= 0.3 is 0 Å². The molecule has 34 heavy (non-hydrogen) atoms. The Balaban J connectivity index is 1.74. The van der Waals surface area contributed by atoms with Gasteiger partial charge in [0.2, 0.25) is 23.6 Å². The van der Waals surface area contributed by atoms with E-state index in [1.54, 1.807) is 25.1 Å². The number of carbonyl (C=O) groups excluding carboxylic acids is 4. The zero-order valence-electron chi connectivity index (χ0n) is 19.7. The smallest absolute Gasteiger partial charge is 0.242 e. The van der Waals surface area contributed by atoms with Gasteiger partial charge in [0.1, 0.15) is 6.04 Å². The van der Waals surface area contributed by atoms with Crippen molar-refractivity contribution in [2.75, 3.05) is 6.54 Å². The second kappa shape index (κ2) is 11.4. The van der Waals surface area contributed by atoms with E-state index < -0.39 is 6.04 Å². The average Bonchev–Trinajstić information content (AvgIpc) is 3.07. The largest absolute Gasteiger partial charge is 0.352 e. The van der Waals surface area contributed by atoms with Crippen LogP contribution in [0.25, 0.3) is 0 Å². The molecule has 4 amide bonds. The van der Waals surface area contributed by atoms with Crippen LogP contribution >= 0.6 is 23.2 Å². The van der Waals surface area contributed by atoms with Crippen LogP contribution in [0.4, 0.5) is 0 Å². The third-order valence-corrected chi connectivity index (χ3v) is 7.39. The van der Waals surface area contributed by atoms with E-state index >= 15 is 0 Å². The summed E-state index contributed by atoms with van der Waals surface area (Å²) in [5, 5.41) is 3.66. The van der Waals surface area contributed by atoms with Crippen LogP contribution in [0.15, 0.2) is 30.4 Å². The fourth-order valence-electron chi connectivity index (χ4n) is 4.32. The van der Waals surface area contributed by atoms with Crippen LogP contribution in [0.1, 0.15) is 52.0 Å². The summed E-state index contributed by atoms with van der Waals surface area (Å²) >= 11 is 12.2. The monoisotopic (exact) mass is 507 g/mol. The summed E-state index contributed by atoms with van der Waals surface area (Å²) < 4.78 is 0. The lowest BCUT2D eigenvalue weighted by molar-refractivity contribution is -0.143. The Morgan fingerprint density at radius 1 is 1.09 bits per heavy atom. The molecule has 9 heteroatoms. The quantitative estimate of drug-likeness (QED) is 0.404. The Kier molecular flexibility index (Phi) is 8.77. The number of imide groups is 1. The van der Waals surface area contributed by atoms with Crippen molar-refractivity contribution < 1.29 is 19.2 Å². The highest BCUT2D eigenvalue weighted by molar-refractivity contribution is 6.42. The summed E-state index contributed by atoms with van der Waals surface area (Å²) in [6.07, 6.45) is 5.66. The summed E-state index contributed by atoms with van der Waals surface area (Å²) in [6, 6.07) is 4.26. The molecular weight excluding hydrogens is 477 g/mol. The van der Waals surface area contributed by atoms with E-state index in [1.807, 2.05) is 26.0 Å². The first-order chi connectivity index (χ1) is 16.1. The highest BCUT2D eigenvalue weighted by atomic mass is 35.5. The molecule has 1 aliphatic carbocycles. The van der Waals surface area contributed by atoms with Crippen LogP contribution < -0.4 is 5.32 Å². The lowest BCUT2D eigenvalue weighted by Gasteiger charge is -2.30. The minimum atomic E-state index is -0.757. The normalized spacial score (nSPS) is 21.3. The second-order valence-corrected chi connectivity index (χ2v) is 9.81. The topological polar surface area (TPSA) is 86.8 Å². The van der Waals surface area contributed by atoms with Crippen molar-refractivity contribution in [1.29, 1.82) is 0 Å². The predicted octanol–water partition coefficient (Wildman–Crippen LogP) is 3.97. The molecule has 1 aromatic carbocycles. The highest BCUT2D eigenvalue weighted by Gasteiger charge is 2.47. The summed E-state index contributed by atoms with van der Waals surface area (Å²) in [5.74, 6) is -1.70. The fourth-order valence-corrected chi connectivity index (χ4v) is 4.64. The molecular formula is C25H31Cl2N3O4. The summed E-state index contributed by atoms with van der Waals surface area (Å²) in [4.78, 5) is 54.3. The van der Waals surface area contributed by atoms with Crippen LogP contribution in [0, 0.1) is 11.8 Å². The SMILES string of the molecule is CCC(C)NC(=O)C(C)N(Cc1ccc(Cl)c(Cl)c1)C(=O)CCN1C(=O)[C@H]2CC=CC[C@H]2C1=O. The number of amides is 4. The lowest BCUT2D eigenvalue weighted by Crippen LogP contribution is -2.50. The first-order valence-electron chi connectivity index (χ1n) is 11.7. The Labute approximate surface area is 210 Å². The van der Waals surface area contributed by atoms with Crippen molar-refractivity contribution in [2.24, 2.45) is 11.8 Å². The number of fused-ring (bicyclic) bond motifs is 1. The summed E-state index contributed by atoms with van der Waals surface area (Å²) in [5.41, 5.74) is 0.719. The van der Waals surface area contributed by atoms with Crippen LogP contribution in [-0.2, 0) is 25.7 Å². The van der Waals surface area contributed by atoms with E-state index in [9.17, 15) is 19.2 Å². The molecule has 0 aromatic heterocycles. The number of allylic oxidation sites excluding steroid dienone is 2. The third kappa shape index (κ3) is 5.81. The van der Waals surface area contributed by atoms with Crippen molar-refractivity contribution in [1.82, 2.24) is 15.1 Å². The van der Waals surface area contributed by atoms with Gasteiger partial charge in [0.05, 0.1) is 21.9 Å². The molecule has 2 unspecified atom stereocenters. The first-order valence-corrected chi connectivity index (χ1v) is 12.4. The van der Waals surface area contributed by atoms with Gasteiger partial charge in [0.25, 0.3) is 0 Å². The molecule has 0 saturated carbocycles. The van der Waals surface area contributed by atoms with E-state index in [0.717, 1.165) is 12.0 Å². The standard InChI is InChI=1S/C25H31Cl2N3O4/c1-4-15(2)28-23(32)16(3)30(14-17-9-10-20(26)21(27)13-17)22(31)11-12-29-24(33)18-7-5-6-8-19(18)25(29)34/h5-6,9-10,13,15-16,18-19H,4,7-8,11-12,14H2,1-3H3,(H,28,32)/t15?,16?,18-,19+. The van der Waals surface area contributed by atoms with Crippen LogP contribution in [-0.4, -0.2) is 52.1 Å². The number of hydrogen-bond donors (Lipinski definition) is 1. The van der Waals surface area contributed by atoms with Gasteiger partial charge in [-0.3, -0.25) is 24.1 Å². The van der Waals surface area contributed by atoms with E-state index in [4.69, 9.17) is 23.2 Å². The number of nitrogens with one attached hydrogen (secondary N) is 1. The summed E-state index contributed by atoms with van der Waals surface area (Å²) in [7, 11) is 0. The molecule has 1 fully saturated rings. The van der Waals surface area contributed by atoms with Gasteiger partial charge in [0, 0.05) is 25.6 Å². The minimum Gasteiger partial charge on any atom is -0.352 e. The molecule has 184 valence electrons. The molecule has 1 aromatic rings. The van der Waals surface area contributed by atoms with Gasteiger partial charge < -0.3 is 10.2 Å². The molecule has 1 heterocycles. The molecule has 1 saturated heterocycles. The van der Waals surface area contributed by atoms with E-state index in [0.29, 0.717) is 22.9 Å². The fraction of sp³-hybridized carbons (Fsp3) is 0.520. The molecule has 1 N–H and O–H groups in total. The Bertz CT molecular complexity index is 970. The molecule has 3 rings (SSSR count). The maximum absolute atomic E-state index is 13.3. The van der Waals surface area contributed by atoms with Gasteiger partial charge in [-0.2, -0.15) is 0 Å². The Morgan fingerprint density at radius 3 is 2.26 bits per heavy atom. The van der Waals surface area contributed by atoms with Crippen molar-refractivity contribution in [3.05, 3.63) is 46.0 Å². The van der Waals surface area contributed by atoms with Crippen molar-refractivity contribution in [3.8, 4) is 0 Å². The molecule has 2 aliphatic rings. The molecule has 0 radical (unpaired) electrons. The van der Waals surface area contributed by atoms with Crippen LogP contribution in [0.2, 0.25) is 10.0 Å². The van der Waals surface area contributed by atoms with Crippen molar-refractivity contribution >= 4 is 46.8 Å². The second-order valence-electron chi connectivity index (χ2n) is 9.00. The molecule has 7 nitrogen and oxygen atoms in total. The Morgan fingerprint density at radius 2 is 1.71 bits per heavy atom. The molecule has 0 spiro atoms. The number of carbonyl (C=O) groups is 4. The predicted molar refractivity (Wildman–Crippen MR) is 131 cm³/mol. The van der Waals surface area contributed by atoms with Crippen LogP contribution in [0.3, 0.4) is 0 Å². The van der Waals surface area contributed by atoms with Crippen molar-refractivity contribution in [2.45, 2.75) is 65.1 Å². The number of likely N-dealkylation sites (tertiary alicyclic amines) is 1. The average molecular weight is 508 g/mol. The van der Waals surface area contributed by atoms with Gasteiger partial charge in [-0.15, -0.1) is 0 Å². The maximum atomic E-state index is 13.3. The maximum Gasteiger partial charge on any atom is 0.242 e. The molecule has 1 aliphatic heterocycles. The summed E-state index contributed by atoms with van der Waals surface area (Å²) in [6.45, 7) is 5.67. The number of hydrogen-bond acceptors (Lipinski definition) is 4.